The Morgan fingerprint density at radius 2 is 2.14 bits per heavy atom. The molecule has 2 heterocycles. The minimum Gasteiger partial charge on any atom is -0.394 e. The fraction of sp³-hybridized carbons (Fsp3) is 0.438. The topological polar surface area (TPSA) is 71.2 Å². The summed E-state index contributed by atoms with van der Waals surface area (Å²) in [6.07, 6.45) is 3.48. The highest BCUT2D eigenvalue weighted by Gasteiger charge is 2.32. The Kier molecular flexibility index (Phi) is 4.20. The van der Waals surface area contributed by atoms with Gasteiger partial charge in [0.25, 0.3) is 5.91 Å². The number of aliphatic hydroxyl groups excluding tert-OH is 1. The van der Waals surface area contributed by atoms with Crippen molar-refractivity contribution in [1.82, 2.24) is 19.9 Å². The third-order valence-corrected chi connectivity index (χ3v) is 4.26. The van der Waals surface area contributed by atoms with Gasteiger partial charge >= 0.3 is 0 Å². The van der Waals surface area contributed by atoms with E-state index < -0.39 is 0 Å². The zero-order valence-electron chi connectivity index (χ0n) is 12.6. The summed E-state index contributed by atoms with van der Waals surface area (Å²) in [5.41, 5.74) is 1.13. The largest absolute Gasteiger partial charge is 0.394 e. The van der Waals surface area contributed by atoms with E-state index >= 15 is 0 Å². The number of hydrogen-bond acceptors (Lipinski definition) is 4. The van der Waals surface area contributed by atoms with Gasteiger partial charge < -0.3 is 10.0 Å². The third kappa shape index (κ3) is 2.74. The summed E-state index contributed by atoms with van der Waals surface area (Å²) in [6.45, 7) is 2.72. The Bertz CT molecular complexity index is 641. The lowest BCUT2D eigenvalue weighted by Crippen LogP contribution is -2.49. The maximum Gasteiger partial charge on any atom is 0.276 e. The smallest absolute Gasteiger partial charge is 0.276 e. The van der Waals surface area contributed by atoms with Crippen molar-refractivity contribution >= 4 is 5.91 Å². The normalized spacial score (nSPS) is 21.8. The molecule has 1 aromatic heterocycles. The monoisotopic (exact) mass is 300 g/mol. The van der Waals surface area contributed by atoms with Crippen molar-refractivity contribution in [3.63, 3.8) is 0 Å². The molecule has 1 amide bonds. The first-order valence-corrected chi connectivity index (χ1v) is 7.60. The fourth-order valence-electron chi connectivity index (χ4n) is 2.97. The highest BCUT2D eigenvalue weighted by Crippen LogP contribution is 2.24. The molecule has 0 bridgehead atoms. The van der Waals surface area contributed by atoms with Crippen LogP contribution in [0.4, 0.5) is 0 Å². The van der Waals surface area contributed by atoms with Crippen LogP contribution in [0.1, 0.15) is 30.3 Å². The SMILES string of the molecule is CC1CCCN(C(=O)c2cnn(-c3ccccc3)n2)C1CO. The van der Waals surface area contributed by atoms with Crippen molar-refractivity contribution in [1.29, 1.82) is 0 Å². The second-order valence-electron chi connectivity index (χ2n) is 5.72. The van der Waals surface area contributed by atoms with Gasteiger partial charge in [0, 0.05) is 6.54 Å². The predicted octanol–water partition coefficient (Wildman–Crippen LogP) is 1.50. The Balaban J connectivity index is 1.82. The van der Waals surface area contributed by atoms with Crippen molar-refractivity contribution < 1.29 is 9.90 Å². The summed E-state index contributed by atoms with van der Waals surface area (Å²) in [7, 11) is 0. The van der Waals surface area contributed by atoms with Crippen molar-refractivity contribution in [3.8, 4) is 5.69 Å². The highest BCUT2D eigenvalue weighted by atomic mass is 16.3. The fourth-order valence-corrected chi connectivity index (χ4v) is 2.97. The van der Waals surface area contributed by atoms with Crippen LogP contribution in [0, 0.1) is 5.92 Å². The van der Waals surface area contributed by atoms with Gasteiger partial charge in [-0.15, -0.1) is 5.10 Å². The van der Waals surface area contributed by atoms with Gasteiger partial charge in [0.2, 0.25) is 0 Å². The van der Waals surface area contributed by atoms with Crippen molar-refractivity contribution in [2.45, 2.75) is 25.8 Å². The van der Waals surface area contributed by atoms with Crippen molar-refractivity contribution in [3.05, 3.63) is 42.2 Å². The number of aliphatic hydroxyl groups is 1. The molecule has 1 aromatic carbocycles. The van der Waals surface area contributed by atoms with Crippen LogP contribution in [0.5, 0.6) is 0 Å². The molecule has 0 aliphatic carbocycles. The molecule has 1 saturated heterocycles. The van der Waals surface area contributed by atoms with Gasteiger partial charge in [-0.2, -0.15) is 9.90 Å². The van der Waals surface area contributed by atoms with Gasteiger partial charge in [-0.3, -0.25) is 4.79 Å². The van der Waals surface area contributed by atoms with Crippen LogP contribution < -0.4 is 0 Å². The van der Waals surface area contributed by atoms with Gasteiger partial charge in [-0.1, -0.05) is 25.1 Å². The molecule has 1 N–H and O–H groups in total. The molecule has 22 heavy (non-hydrogen) atoms. The van der Waals surface area contributed by atoms with E-state index in [9.17, 15) is 9.90 Å². The number of carbonyl (C=O) groups is 1. The minimum atomic E-state index is -0.159. The summed E-state index contributed by atoms with van der Waals surface area (Å²) >= 11 is 0. The lowest BCUT2D eigenvalue weighted by atomic mass is 9.91. The number of para-hydroxylation sites is 1. The molecule has 2 unspecified atom stereocenters. The number of rotatable bonds is 3. The summed E-state index contributed by atoms with van der Waals surface area (Å²) in [5.74, 6) is 0.139. The van der Waals surface area contributed by atoms with E-state index in [2.05, 4.69) is 17.1 Å². The lowest BCUT2D eigenvalue weighted by molar-refractivity contribution is 0.0353. The number of amides is 1. The number of likely N-dealkylation sites (tertiary alicyclic amines) is 1. The minimum absolute atomic E-state index is 0.0142. The molecule has 116 valence electrons. The first kappa shape index (κ1) is 14.7. The van der Waals surface area contributed by atoms with E-state index in [0.29, 0.717) is 18.2 Å². The van der Waals surface area contributed by atoms with E-state index in [0.717, 1.165) is 18.5 Å². The van der Waals surface area contributed by atoms with E-state index in [4.69, 9.17) is 0 Å². The number of benzene rings is 1. The first-order chi connectivity index (χ1) is 10.7. The lowest BCUT2D eigenvalue weighted by Gasteiger charge is -2.38. The first-order valence-electron chi connectivity index (χ1n) is 7.60. The molecule has 2 atom stereocenters. The van der Waals surface area contributed by atoms with E-state index in [1.165, 1.54) is 11.0 Å². The highest BCUT2D eigenvalue weighted by molar-refractivity contribution is 5.92. The number of piperidine rings is 1. The molecular formula is C16H20N4O2. The molecule has 6 nitrogen and oxygen atoms in total. The average molecular weight is 300 g/mol. The molecule has 1 aliphatic heterocycles. The van der Waals surface area contributed by atoms with Crippen LogP contribution in [0.25, 0.3) is 5.69 Å². The van der Waals surface area contributed by atoms with E-state index in [1.807, 2.05) is 30.3 Å². The molecule has 1 aliphatic rings. The summed E-state index contributed by atoms with van der Waals surface area (Å²) < 4.78 is 0. The molecule has 6 heteroatoms. The number of carbonyl (C=O) groups excluding carboxylic acids is 1. The quantitative estimate of drug-likeness (QED) is 0.932. The second-order valence-corrected chi connectivity index (χ2v) is 5.72. The summed E-state index contributed by atoms with van der Waals surface area (Å²) in [5, 5.41) is 18.0. The Hall–Kier alpha value is -2.21. The summed E-state index contributed by atoms with van der Waals surface area (Å²) in [6, 6.07) is 9.34. The standard InChI is InChI=1S/C16H20N4O2/c1-12-6-5-9-19(15(12)11-21)16(22)14-10-17-20(18-14)13-7-3-2-4-8-13/h2-4,7-8,10,12,15,21H,5-6,9,11H2,1H3. The van der Waals surface area contributed by atoms with Crippen molar-refractivity contribution in [2.24, 2.45) is 5.92 Å². The summed E-state index contributed by atoms with van der Waals surface area (Å²) in [4.78, 5) is 15.8. The van der Waals surface area contributed by atoms with Crippen LogP contribution in [0.3, 0.4) is 0 Å². The van der Waals surface area contributed by atoms with Gasteiger partial charge in [-0.25, -0.2) is 0 Å². The zero-order valence-corrected chi connectivity index (χ0v) is 12.6. The maximum absolute atomic E-state index is 12.7. The van der Waals surface area contributed by atoms with Crippen LogP contribution in [0.15, 0.2) is 36.5 Å². The molecule has 1 fully saturated rings. The predicted molar refractivity (Wildman–Crippen MR) is 81.7 cm³/mol. The van der Waals surface area contributed by atoms with E-state index in [1.54, 1.807) is 4.90 Å². The molecule has 0 spiro atoms. The number of nitrogens with zero attached hydrogens (tertiary/aromatic N) is 4. The van der Waals surface area contributed by atoms with Crippen LogP contribution in [-0.2, 0) is 0 Å². The molecule has 2 aromatic rings. The van der Waals surface area contributed by atoms with Crippen LogP contribution in [-0.4, -0.2) is 50.1 Å². The van der Waals surface area contributed by atoms with Crippen molar-refractivity contribution in [2.75, 3.05) is 13.2 Å². The molecule has 0 saturated carbocycles. The van der Waals surface area contributed by atoms with Gasteiger partial charge in [-0.05, 0) is 30.9 Å². The number of aromatic nitrogens is 3. The zero-order chi connectivity index (χ0) is 15.5. The average Bonchev–Trinajstić information content (AvgIpc) is 3.05. The second kappa shape index (κ2) is 6.27. The van der Waals surface area contributed by atoms with Crippen LogP contribution >= 0.6 is 0 Å². The Labute approximate surface area is 129 Å². The van der Waals surface area contributed by atoms with Gasteiger partial charge in [0.15, 0.2) is 5.69 Å². The third-order valence-electron chi connectivity index (χ3n) is 4.26. The van der Waals surface area contributed by atoms with Crippen LogP contribution in [0.2, 0.25) is 0 Å². The molecule has 0 radical (unpaired) electrons. The molecule has 3 rings (SSSR count). The van der Waals surface area contributed by atoms with Gasteiger partial charge in [0.05, 0.1) is 24.5 Å². The van der Waals surface area contributed by atoms with Gasteiger partial charge in [0.1, 0.15) is 0 Å². The Morgan fingerprint density at radius 3 is 2.86 bits per heavy atom. The maximum atomic E-state index is 12.7. The number of hydrogen-bond donors (Lipinski definition) is 1. The van der Waals surface area contributed by atoms with E-state index in [-0.39, 0.29) is 18.6 Å². The molecular weight excluding hydrogens is 280 g/mol. The Morgan fingerprint density at radius 1 is 1.36 bits per heavy atom.